The zero-order valence-corrected chi connectivity index (χ0v) is 16.7. The van der Waals surface area contributed by atoms with E-state index in [9.17, 15) is 10.1 Å². The summed E-state index contributed by atoms with van der Waals surface area (Å²) in [7, 11) is 0. The number of benzene rings is 2. The van der Waals surface area contributed by atoms with Crippen LogP contribution in [0.15, 0.2) is 59.9 Å². The SMILES string of the molecule is CCOC(=O)C1=C(C)OC(=N)C(C#N)C1c1cccc(Oc2ccc(Cl)cc2)c1. The molecule has 0 radical (unpaired) electrons. The summed E-state index contributed by atoms with van der Waals surface area (Å²) in [5, 5.41) is 18.3. The van der Waals surface area contributed by atoms with Crippen molar-refractivity contribution in [1.82, 2.24) is 0 Å². The van der Waals surface area contributed by atoms with Crippen LogP contribution >= 0.6 is 11.6 Å². The summed E-state index contributed by atoms with van der Waals surface area (Å²) in [6.07, 6.45) is 0. The monoisotopic (exact) mass is 410 g/mol. The second-order valence-electron chi connectivity index (χ2n) is 6.37. The number of carbonyl (C=O) groups is 1. The molecule has 7 heteroatoms. The number of halogens is 1. The van der Waals surface area contributed by atoms with Crippen LogP contribution in [-0.4, -0.2) is 18.5 Å². The summed E-state index contributed by atoms with van der Waals surface area (Å²) < 4.78 is 16.4. The van der Waals surface area contributed by atoms with Gasteiger partial charge in [0.25, 0.3) is 0 Å². The Balaban J connectivity index is 2.02. The van der Waals surface area contributed by atoms with Gasteiger partial charge in [0.15, 0.2) is 0 Å². The van der Waals surface area contributed by atoms with Crippen molar-refractivity contribution < 1.29 is 19.0 Å². The minimum Gasteiger partial charge on any atom is -0.463 e. The zero-order valence-electron chi connectivity index (χ0n) is 15.9. The van der Waals surface area contributed by atoms with Gasteiger partial charge in [-0.05, 0) is 55.8 Å². The van der Waals surface area contributed by atoms with Crippen molar-refractivity contribution in [3.05, 3.63) is 70.4 Å². The Morgan fingerprint density at radius 1 is 1.24 bits per heavy atom. The summed E-state index contributed by atoms with van der Waals surface area (Å²) in [4.78, 5) is 12.6. The standard InChI is InChI=1S/C22H19ClN2O4/c1-3-27-22(26)19-13(2)28-21(25)18(12-24)20(19)14-5-4-6-17(11-14)29-16-9-7-15(23)8-10-16/h4-11,18,20,25H,3H2,1-2H3. The van der Waals surface area contributed by atoms with Gasteiger partial charge in [-0.2, -0.15) is 5.26 Å². The molecule has 1 aliphatic rings. The molecule has 1 N–H and O–H groups in total. The Morgan fingerprint density at radius 2 is 1.97 bits per heavy atom. The van der Waals surface area contributed by atoms with Crippen LogP contribution in [0, 0.1) is 22.7 Å². The van der Waals surface area contributed by atoms with Crippen molar-refractivity contribution in [3.8, 4) is 17.6 Å². The first-order valence-electron chi connectivity index (χ1n) is 9.01. The Bertz CT molecular complexity index is 1010. The van der Waals surface area contributed by atoms with Crippen LogP contribution in [0.2, 0.25) is 5.02 Å². The number of hydrogen-bond donors (Lipinski definition) is 1. The van der Waals surface area contributed by atoms with Crippen molar-refractivity contribution in [3.63, 3.8) is 0 Å². The average Bonchev–Trinajstić information content (AvgIpc) is 2.69. The fraction of sp³-hybridized carbons (Fsp3) is 0.227. The molecule has 148 valence electrons. The maximum absolute atomic E-state index is 12.6. The minimum atomic E-state index is -0.955. The molecule has 2 atom stereocenters. The van der Waals surface area contributed by atoms with Crippen LogP contribution in [0.3, 0.4) is 0 Å². The lowest BCUT2D eigenvalue weighted by molar-refractivity contribution is -0.139. The van der Waals surface area contributed by atoms with Gasteiger partial charge in [0.05, 0.1) is 18.2 Å². The number of allylic oxidation sites excluding steroid dienone is 1. The number of nitrogens with one attached hydrogen (secondary N) is 1. The fourth-order valence-corrected chi connectivity index (χ4v) is 3.33. The predicted octanol–water partition coefficient (Wildman–Crippen LogP) is 5.20. The Morgan fingerprint density at radius 3 is 2.62 bits per heavy atom. The molecule has 0 spiro atoms. The highest BCUT2D eigenvalue weighted by Gasteiger charge is 2.41. The summed E-state index contributed by atoms with van der Waals surface area (Å²) in [6, 6.07) is 16.1. The molecular weight excluding hydrogens is 392 g/mol. The minimum absolute atomic E-state index is 0.191. The molecule has 1 aliphatic heterocycles. The zero-order chi connectivity index (χ0) is 21.0. The van der Waals surface area contributed by atoms with Crippen LogP contribution in [-0.2, 0) is 14.3 Å². The average molecular weight is 411 g/mol. The highest BCUT2D eigenvalue weighted by atomic mass is 35.5. The third-order valence-electron chi connectivity index (χ3n) is 4.47. The number of nitriles is 1. The van der Waals surface area contributed by atoms with E-state index in [0.29, 0.717) is 22.1 Å². The molecule has 2 aromatic rings. The quantitative estimate of drug-likeness (QED) is 0.684. The predicted molar refractivity (Wildman–Crippen MR) is 108 cm³/mol. The van der Waals surface area contributed by atoms with Crippen LogP contribution in [0.5, 0.6) is 11.5 Å². The molecule has 0 aliphatic carbocycles. The lowest BCUT2D eigenvalue weighted by Gasteiger charge is -2.30. The Hall–Kier alpha value is -3.30. The topological polar surface area (TPSA) is 92.4 Å². The molecular formula is C22H19ClN2O4. The van der Waals surface area contributed by atoms with Gasteiger partial charge in [0.2, 0.25) is 5.90 Å². The molecule has 0 saturated carbocycles. The van der Waals surface area contributed by atoms with Crippen LogP contribution in [0.1, 0.15) is 25.3 Å². The van der Waals surface area contributed by atoms with E-state index in [1.165, 1.54) is 0 Å². The van der Waals surface area contributed by atoms with Gasteiger partial charge in [-0.1, -0.05) is 23.7 Å². The van der Waals surface area contributed by atoms with Crippen LogP contribution in [0.25, 0.3) is 0 Å². The molecule has 1 heterocycles. The van der Waals surface area contributed by atoms with E-state index in [2.05, 4.69) is 6.07 Å². The van der Waals surface area contributed by atoms with E-state index < -0.39 is 17.8 Å². The number of hydrogen-bond acceptors (Lipinski definition) is 6. The van der Waals surface area contributed by atoms with E-state index in [1.807, 2.05) is 0 Å². The number of ether oxygens (including phenoxy) is 3. The number of esters is 1. The lowest BCUT2D eigenvalue weighted by atomic mass is 9.78. The highest BCUT2D eigenvalue weighted by Crippen LogP contribution is 2.40. The van der Waals surface area contributed by atoms with Gasteiger partial charge in [-0.15, -0.1) is 0 Å². The number of nitrogens with zero attached hydrogens (tertiary/aromatic N) is 1. The lowest BCUT2D eigenvalue weighted by Crippen LogP contribution is -2.33. The fourth-order valence-electron chi connectivity index (χ4n) is 3.20. The van der Waals surface area contributed by atoms with E-state index in [0.717, 1.165) is 0 Å². The van der Waals surface area contributed by atoms with Crippen molar-refractivity contribution in [2.75, 3.05) is 6.61 Å². The molecule has 2 unspecified atom stereocenters. The van der Waals surface area contributed by atoms with Gasteiger partial charge in [-0.25, -0.2) is 4.79 Å². The third-order valence-corrected chi connectivity index (χ3v) is 4.72. The van der Waals surface area contributed by atoms with Crippen molar-refractivity contribution in [2.24, 2.45) is 5.92 Å². The molecule has 0 saturated heterocycles. The van der Waals surface area contributed by atoms with Gasteiger partial charge in [0.1, 0.15) is 23.2 Å². The van der Waals surface area contributed by atoms with Crippen molar-refractivity contribution in [1.29, 1.82) is 10.7 Å². The smallest absolute Gasteiger partial charge is 0.338 e. The van der Waals surface area contributed by atoms with E-state index in [-0.39, 0.29) is 23.8 Å². The number of rotatable bonds is 5. The second-order valence-corrected chi connectivity index (χ2v) is 6.81. The second kappa shape index (κ2) is 8.80. The first-order valence-corrected chi connectivity index (χ1v) is 9.39. The Kier molecular flexibility index (Phi) is 6.20. The van der Waals surface area contributed by atoms with E-state index in [1.54, 1.807) is 62.4 Å². The van der Waals surface area contributed by atoms with E-state index in [4.69, 9.17) is 31.2 Å². The van der Waals surface area contributed by atoms with Crippen LogP contribution in [0.4, 0.5) is 0 Å². The molecule has 0 amide bonds. The largest absolute Gasteiger partial charge is 0.463 e. The molecule has 6 nitrogen and oxygen atoms in total. The molecule has 2 aromatic carbocycles. The van der Waals surface area contributed by atoms with Crippen molar-refractivity contribution in [2.45, 2.75) is 19.8 Å². The normalized spacial score (nSPS) is 18.6. The first kappa shape index (κ1) is 20.4. The molecule has 3 rings (SSSR count). The highest BCUT2D eigenvalue weighted by molar-refractivity contribution is 6.30. The summed E-state index contributed by atoms with van der Waals surface area (Å²) in [5.74, 6) is -1.04. The van der Waals surface area contributed by atoms with Crippen molar-refractivity contribution >= 4 is 23.5 Å². The van der Waals surface area contributed by atoms with Crippen LogP contribution < -0.4 is 4.74 Å². The summed E-state index contributed by atoms with van der Waals surface area (Å²) >= 11 is 5.91. The summed E-state index contributed by atoms with van der Waals surface area (Å²) in [6.45, 7) is 3.49. The maximum Gasteiger partial charge on any atom is 0.338 e. The molecule has 0 bridgehead atoms. The van der Waals surface area contributed by atoms with E-state index >= 15 is 0 Å². The number of carbonyl (C=O) groups excluding carboxylic acids is 1. The Labute approximate surface area is 173 Å². The van der Waals surface area contributed by atoms with Gasteiger partial charge in [0, 0.05) is 10.9 Å². The maximum atomic E-state index is 12.6. The van der Waals surface area contributed by atoms with Gasteiger partial charge >= 0.3 is 5.97 Å². The summed E-state index contributed by atoms with van der Waals surface area (Å²) in [5.41, 5.74) is 0.886. The third kappa shape index (κ3) is 4.41. The van der Waals surface area contributed by atoms with Gasteiger partial charge < -0.3 is 14.2 Å². The van der Waals surface area contributed by atoms with Gasteiger partial charge in [-0.3, -0.25) is 5.41 Å². The first-order chi connectivity index (χ1) is 13.9. The molecule has 0 fully saturated rings. The molecule has 0 aromatic heterocycles. The molecule has 29 heavy (non-hydrogen) atoms.